The number of rotatable bonds is 3. The predicted molar refractivity (Wildman–Crippen MR) is 156 cm³/mol. The molecule has 0 aliphatic carbocycles. The second-order valence-corrected chi connectivity index (χ2v) is 10.6. The SMILES string of the molecule is COC(=O)Nc1ccc2c(c1)NC(=O)[C@H](C)CCC[C@H](N1CCC(c3cccc(Cl)c3)=CC1=O)c1cc-2ccn1. The van der Waals surface area contributed by atoms with Crippen molar-refractivity contribution in [3.63, 3.8) is 0 Å². The number of anilines is 2. The molecule has 2 aliphatic rings. The molecule has 0 unspecified atom stereocenters. The van der Waals surface area contributed by atoms with Gasteiger partial charge in [0.1, 0.15) is 0 Å². The number of carbonyl (C=O) groups excluding carboxylic acids is 3. The summed E-state index contributed by atoms with van der Waals surface area (Å²) in [6.45, 7) is 2.46. The van der Waals surface area contributed by atoms with Crippen LogP contribution in [0.15, 0.2) is 66.9 Å². The van der Waals surface area contributed by atoms with Gasteiger partial charge in [0.15, 0.2) is 0 Å². The van der Waals surface area contributed by atoms with Gasteiger partial charge in [-0.2, -0.15) is 0 Å². The largest absolute Gasteiger partial charge is 0.453 e. The van der Waals surface area contributed by atoms with E-state index in [1.165, 1.54) is 7.11 Å². The van der Waals surface area contributed by atoms with Gasteiger partial charge < -0.3 is 15.0 Å². The number of methoxy groups -OCH3 is 1. The summed E-state index contributed by atoms with van der Waals surface area (Å²) >= 11 is 6.19. The summed E-state index contributed by atoms with van der Waals surface area (Å²) in [5.41, 5.74) is 5.43. The van der Waals surface area contributed by atoms with Crippen LogP contribution >= 0.6 is 11.6 Å². The van der Waals surface area contributed by atoms with E-state index in [1.54, 1.807) is 24.4 Å². The monoisotopic (exact) mass is 558 g/mol. The van der Waals surface area contributed by atoms with Crippen molar-refractivity contribution in [2.75, 3.05) is 24.3 Å². The van der Waals surface area contributed by atoms with Gasteiger partial charge in [-0.1, -0.05) is 43.1 Å². The molecule has 2 N–H and O–H groups in total. The maximum Gasteiger partial charge on any atom is 0.411 e. The van der Waals surface area contributed by atoms with E-state index in [2.05, 4.69) is 10.6 Å². The fraction of sp³-hybridized carbons (Fsp3) is 0.290. The smallest absolute Gasteiger partial charge is 0.411 e. The van der Waals surface area contributed by atoms with Crippen LogP contribution in [0.5, 0.6) is 0 Å². The zero-order chi connectivity index (χ0) is 28.2. The molecule has 2 aliphatic heterocycles. The summed E-state index contributed by atoms with van der Waals surface area (Å²) in [5.74, 6) is -0.413. The summed E-state index contributed by atoms with van der Waals surface area (Å²) in [6.07, 6.45) is 5.64. The lowest BCUT2D eigenvalue weighted by molar-refractivity contribution is -0.129. The summed E-state index contributed by atoms with van der Waals surface area (Å²) in [6, 6.07) is 16.5. The average Bonchev–Trinajstić information content (AvgIpc) is 2.95. The number of hydrogen-bond donors (Lipinski definition) is 2. The van der Waals surface area contributed by atoms with Crippen LogP contribution in [0, 0.1) is 5.92 Å². The maximum atomic E-state index is 13.5. The number of halogens is 1. The Hall–Kier alpha value is -4.17. The highest BCUT2D eigenvalue weighted by molar-refractivity contribution is 6.30. The van der Waals surface area contributed by atoms with Gasteiger partial charge >= 0.3 is 6.09 Å². The van der Waals surface area contributed by atoms with Crippen molar-refractivity contribution in [3.05, 3.63) is 83.2 Å². The fourth-order valence-electron chi connectivity index (χ4n) is 5.29. The van der Waals surface area contributed by atoms with E-state index >= 15 is 0 Å². The number of pyridine rings is 1. The number of carbonyl (C=O) groups is 3. The van der Waals surface area contributed by atoms with E-state index in [0.717, 1.165) is 34.4 Å². The first-order valence-corrected chi connectivity index (χ1v) is 13.7. The van der Waals surface area contributed by atoms with Crippen LogP contribution in [0.3, 0.4) is 0 Å². The van der Waals surface area contributed by atoms with E-state index in [9.17, 15) is 14.4 Å². The van der Waals surface area contributed by atoms with Crippen molar-refractivity contribution in [2.45, 2.75) is 38.6 Å². The lowest BCUT2D eigenvalue weighted by Gasteiger charge is -2.34. The number of nitrogens with one attached hydrogen (secondary N) is 2. The van der Waals surface area contributed by atoms with Crippen molar-refractivity contribution in [1.82, 2.24) is 9.88 Å². The Labute approximate surface area is 238 Å². The van der Waals surface area contributed by atoms with Crippen molar-refractivity contribution in [2.24, 2.45) is 5.92 Å². The molecule has 40 heavy (non-hydrogen) atoms. The molecule has 3 amide bonds. The number of nitrogens with zero attached hydrogens (tertiary/aromatic N) is 2. The Kier molecular flexibility index (Phi) is 8.16. The fourth-order valence-corrected chi connectivity index (χ4v) is 5.48. The van der Waals surface area contributed by atoms with E-state index in [-0.39, 0.29) is 23.8 Å². The quantitative estimate of drug-likeness (QED) is 0.373. The van der Waals surface area contributed by atoms with Crippen molar-refractivity contribution in [1.29, 1.82) is 0 Å². The van der Waals surface area contributed by atoms with Crippen molar-refractivity contribution >= 4 is 46.5 Å². The maximum absolute atomic E-state index is 13.5. The zero-order valence-corrected chi connectivity index (χ0v) is 23.2. The third kappa shape index (κ3) is 6.02. The Balaban J connectivity index is 1.51. The Morgan fingerprint density at radius 2 is 1.95 bits per heavy atom. The molecular weight excluding hydrogens is 528 g/mol. The standard InChI is InChI=1S/C31H31ClN4O4/c1-19-5-3-8-28(36-14-12-21(17-29(36)37)20-6-4-7-23(32)15-20)27-16-22(11-13-33-27)25-10-9-24(34-31(39)40-2)18-26(25)35-30(19)38/h4,6-7,9-11,13,15-19,28H,3,5,8,12,14H2,1-2H3,(H,34,39)(H,35,38)/t19-,28+/m1/s1. The molecule has 8 nitrogen and oxygen atoms in total. The van der Waals surface area contributed by atoms with Gasteiger partial charge in [0.25, 0.3) is 0 Å². The van der Waals surface area contributed by atoms with E-state index < -0.39 is 6.09 Å². The van der Waals surface area contributed by atoms with Crippen LogP contribution in [0.4, 0.5) is 16.2 Å². The Morgan fingerprint density at radius 1 is 1.10 bits per heavy atom. The minimum absolute atomic E-state index is 0.0600. The van der Waals surface area contributed by atoms with Crippen LogP contribution in [-0.4, -0.2) is 41.4 Å². The van der Waals surface area contributed by atoms with Gasteiger partial charge in [0, 0.05) is 41.0 Å². The average molecular weight is 559 g/mol. The Morgan fingerprint density at radius 3 is 2.73 bits per heavy atom. The minimum Gasteiger partial charge on any atom is -0.453 e. The van der Waals surface area contributed by atoms with Crippen LogP contribution in [-0.2, 0) is 14.3 Å². The molecule has 5 rings (SSSR count). The van der Waals surface area contributed by atoms with Gasteiger partial charge in [-0.15, -0.1) is 0 Å². The van der Waals surface area contributed by atoms with Gasteiger partial charge in [-0.25, -0.2) is 4.79 Å². The van der Waals surface area contributed by atoms with Crippen LogP contribution in [0.2, 0.25) is 5.02 Å². The second kappa shape index (κ2) is 11.9. The molecule has 1 aromatic heterocycles. The lowest BCUT2D eigenvalue weighted by atomic mass is 9.93. The molecule has 0 radical (unpaired) electrons. The zero-order valence-electron chi connectivity index (χ0n) is 22.4. The molecule has 0 fully saturated rings. The summed E-state index contributed by atoms with van der Waals surface area (Å²) in [5, 5.41) is 6.33. The van der Waals surface area contributed by atoms with E-state index in [4.69, 9.17) is 21.3 Å². The first-order valence-electron chi connectivity index (χ1n) is 13.4. The van der Waals surface area contributed by atoms with E-state index in [0.29, 0.717) is 42.2 Å². The van der Waals surface area contributed by atoms with E-state index in [1.807, 2.05) is 54.3 Å². The minimum atomic E-state index is -0.597. The lowest BCUT2D eigenvalue weighted by Crippen LogP contribution is -2.38. The van der Waals surface area contributed by atoms with Crippen molar-refractivity contribution in [3.8, 4) is 11.1 Å². The molecule has 206 valence electrons. The van der Waals surface area contributed by atoms with Crippen LogP contribution in [0.25, 0.3) is 16.7 Å². The van der Waals surface area contributed by atoms with Crippen molar-refractivity contribution < 1.29 is 19.1 Å². The number of aromatic nitrogens is 1. The first-order chi connectivity index (χ1) is 19.3. The first kappa shape index (κ1) is 27.4. The summed E-state index contributed by atoms with van der Waals surface area (Å²) < 4.78 is 4.71. The predicted octanol–water partition coefficient (Wildman–Crippen LogP) is 6.70. The molecule has 0 saturated carbocycles. The number of hydrogen-bond acceptors (Lipinski definition) is 5. The topological polar surface area (TPSA) is 101 Å². The molecule has 2 aromatic carbocycles. The molecule has 2 atom stereocenters. The summed E-state index contributed by atoms with van der Waals surface area (Å²) in [4.78, 5) is 45.0. The number of ether oxygens (including phenoxy) is 1. The van der Waals surface area contributed by atoms with Gasteiger partial charge in [0.2, 0.25) is 11.8 Å². The highest BCUT2D eigenvalue weighted by atomic mass is 35.5. The molecule has 0 saturated heterocycles. The number of amides is 3. The second-order valence-electron chi connectivity index (χ2n) is 10.1. The molecule has 3 aromatic rings. The number of fused-ring (bicyclic) bond motifs is 4. The van der Waals surface area contributed by atoms with Gasteiger partial charge in [-0.3, -0.25) is 19.9 Å². The normalized spacial score (nSPS) is 19.4. The molecule has 9 heteroatoms. The Bertz CT molecular complexity index is 1490. The molecule has 2 bridgehead atoms. The summed E-state index contributed by atoms with van der Waals surface area (Å²) in [7, 11) is 1.29. The third-order valence-electron chi connectivity index (χ3n) is 7.48. The molecule has 3 heterocycles. The highest BCUT2D eigenvalue weighted by Gasteiger charge is 2.30. The molecule has 0 spiro atoms. The van der Waals surface area contributed by atoms with Gasteiger partial charge in [0.05, 0.1) is 24.5 Å². The van der Waals surface area contributed by atoms with Gasteiger partial charge in [-0.05, 0) is 72.4 Å². The number of benzene rings is 2. The third-order valence-corrected chi connectivity index (χ3v) is 7.71. The highest BCUT2D eigenvalue weighted by Crippen LogP contribution is 2.37. The van der Waals surface area contributed by atoms with Crippen LogP contribution in [0.1, 0.15) is 49.9 Å². The van der Waals surface area contributed by atoms with Crippen LogP contribution < -0.4 is 10.6 Å². The molecular formula is C31H31ClN4O4.